The predicted octanol–water partition coefficient (Wildman–Crippen LogP) is 4.10. The van der Waals surface area contributed by atoms with Crippen molar-refractivity contribution in [2.45, 2.75) is 31.5 Å². The third kappa shape index (κ3) is 3.94. The number of rotatable bonds is 5. The Labute approximate surface area is 152 Å². The Morgan fingerprint density at radius 3 is 2.65 bits per heavy atom. The molecule has 26 heavy (non-hydrogen) atoms. The minimum absolute atomic E-state index is 0.157. The molecule has 4 rings (SSSR count). The molecule has 1 heterocycles. The minimum Gasteiger partial charge on any atom is -0.445 e. The lowest BCUT2D eigenvalue weighted by molar-refractivity contribution is 0.129. The number of fused-ring (bicyclic) bond motifs is 1. The zero-order chi connectivity index (χ0) is 17.8. The molecule has 5 nitrogen and oxygen atoms in total. The Hall–Kier alpha value is -3.08. The van der Waals surface area contributed by atoms with Gasteiger partial charge in [0.15, 0.2) is 0 Å². The summed E-state index contributed by atoms with van der Waals surface area (Å²) < 4.78 is 5.26. The van der Waals surface area contributed by atoms with Crippen LogP contribution in [0.1, 0.15) is 18.4 Å². The van der Waals surface area contributed by atoms with Crippen molar-refractivity contribution >= 4 is 22.7 Å². The van der Waals surface area contributed by atoms with Crippen molar-refractivity contribution in [1.82, 2.24) is 10.3 Å². The molecule has 1 amide bonds. The Balaban J connectivity index is 1.21. The van der Waals surface area contributed by atoms with Crippen LogP contribution in [-0.2, 0) is 11.3 Å². The first-order chi connectivity index (χ1) is 12.8. The summed E-state index contributed by atoms with van der Waals surface area (Å²) in [5.41, 5.74) is 2.99. The topological polar surface area (TPSA) is 63.2 Å². The van der Waals surface area contributed by atoms with Gasteiger partial charge in [0, 0.05) is 17.5 Å². The normalized spacial score (nSPS) is 18.8. The molecule has 1 aromatic heterocycles. The third-order valence-corrected chi connectivity index (χ3v) is 4.63. The number of nitrogens with zero attached hydrogens (tertiary/aromatic N) is 1. The van der Waals surface area contributed by atoms with E-state index in [9.17, 15) is 4.79 Å². The smallest absolute Gasteiger partial charge is 0.407 e. The number of aromatic nitrogens is 1. The highest BCUT2D eigenvalue weighted by atomic mass is 16.5. The van der Waals surface area contributed by atoms with Gasteiger partial charge in [-0.2, -0.15) is 0 Å². The molecule has 1 aliphatic rings. The largest absolute Gasteiger partial charge is 0.445 e. The highest BCUT2D eigenvalue weighted by Gasteiger charge is 2.30. The summed E-state index contributed by atoms with van der Waals surface area (Å²) in [5, 5.41) is 7.51. The van der Waals surface area contributed by atoms with Gasteiger partial charge in [0.2, 0.25) is 0 Å². The van der Waals surface area contributed by atoms with Crippen LogP contribution in [-0.4, -0.2) is 23.2 Å². The molecule has 2 N–H and O–H groups in total. The maximum atomic E-state index is 11.9. The highest BCUT2D eigenvalue weighted by Crippen LogP contribution is 2.25. The van der Waals surface area contributed by atoms with E-state index in [2.05, 4.69) is 27.8 Å². The van der Waals surface area contributed by atoms with Gasteiger partial charge in [-0.1, -0.05) is 48.5 Å². The maximum absolute atomic E-state index is 11.9. The highest BCUT2D eigenvalue weighted by molar-refractivity contribution is 5.81. The molecule has 132 valence electrons. The van der Waals surface area contributed by atoms with Crippen molar-refractivity contribution in [3.8, 4) is 0 Å². The van der Waals surface area contributed by atoms with Crippen LogP contribution in [0, 0.1) is 0 Å². The average Bonchev–Trinajstić information content (AvgIpc) is 2.65. The lowest BCUT2D eigenvalue weighted by Gasteiger charge is -2.36. The first kappa shape index (κ1) is 16.4. The number of amides is 1. The fraction of sp³-hybridized carbons (Fsp3) is 0.238. The fourth-order valence-electron chi connectivity index (χ4n) is 3.17. The van der Waals surface area contributed by atoms with Crippen LogP contribution in [0.15, 0.2) is 66.9 Å². The summed E-state index contributed by atoms with van der Waals surface area (Å²) in [6.07, 6.45) is 3.27. The van der Waals surface area contributed by atoms with E-state index >= 15 is 0 Å². The Kier molecular flexibility index (Phi) is 4.69. The van der Waals surface area contributed by atoms with Gasteiger partial charge in [-0.3, -0.25) is 4.98 Å². The van der Waals surface area contributed by atoms with Crippen molar-refractivity contribution in [2.24, 2.45) is 0 Å². The summed E-state index contributed by atoms with van der Waals surface area (Å²) in [5.74, 6) is 0. The molecule has 0 bridgehead atoms. The van der Waals surface area contributed by atoms with Crippen LogP contribution in [0.5, 0.6) is 0 Å². The molecule has 0 unspecified atom stereocenters. The van der Waals surface area contributed by atoms with Crippen molar-refractivity contribution in [3.63, 3.8) is 0 Å². The van der Waals surface area contributed by atoms with E-state index < -0.39 is 0 Å². The summed E-state index contributed by atoms with van der Waals surface area (Å²) in [6.45, 7) is 0.295. The van der Waals surface area contributed by atoms with Crippen LogP contribution in [0.25, 0.3) is 10.9 Å². The van der Waals surface area contributed by atoms with Crippen LogP contribution in [0.4, 0.5) is 10.5 Å². The number of hydrogen-bond acceptors (Lipinski definition) is 4. The fourth-order valence-corrected chi connectivity index (χ4v) is 3.17. The van der Waals surface area contributed by atoms with Crippen LogP contribution >= 0.6 is 0 Å². The molecular weight excluding hydrogens is 326 g/mol. The Bertz CT molecular complexity index is 892. The minimum atomic E-state index is -0.357. The summed E-state index contributed by atoms with van der Waals surface area (Å²) in [6, 6.07) is 20.3. The van der Waals surface area contributed by atoms with E-state index in [0.29, 0.717) is 12.6 Å². The average molecular weight is 347 g/mol. The van der Waals surface area contributed by atoms with Gasteiger partial charge < -0.3 is 15.4 Å². The molecular formula is C21H21N3O2. The van der Waals surface area contributed by atoms with Crippen molar-refractivity contribution in [3.05, 3.63) is 72.4 Å². The summed E-state index contributed by atoms with van der Waals surface area (Å²) in [7, 11) is 0. The molecule has 1 saturated carbocycles. The lowest BCUT2D eigenvalue weighted by atomic mass is 9.86. The second-order valence-electron chi connectivity index (χ2n) is 6.63. The van der Waals surface area contributed by atoms with Gasteiger partial charge in [0.1, 0.15) is 6.61 Å². The third-order valence-electron chi connectivity index (χ3n) is 4.63. The number of alkyl carbamates (subject to hydrolysis) is 1. The molecule has 2 aromatic carbocycles. The van der Waals surface area contributed by atoms with Crippen LogP contribution in [0.3, 0.4) is 0 Å². The molecule has 0 saturated heterocycles. The second kappa shape index (κ2) is 7.44. The Morgan fingerprint density at radius 1 is 1.04 bits per heavy atom. The van der Waals surface area contributed by atoms with E-state index in [1.165, 1.54) is 0 Å². The molecule has 0 atom stereocenters. The van der Waals surface area contributed by atoms with Gasteiger partial charge in [0.25, 0.3) is 0 Å². The summed E-state index contributed by atoms with van der Waals surface area (Å²) >= 11 is 0. The zero-order valence-corrected chi connectivity index (χ0v) is 14.4. The number of nitrogens with one attached hydrogen (secondary N) is 2. The van der Waals surface area contributed by atoms with Gasteiger partial charge >= 0.3 is 6.09 Å². The number of anilines is 1. The van der Waals surface area contributed by atoms with Gasteiger partial charge in [0.05, 0.1) is 17.4 Å². The number of pyridine rings is 1. The molecule has 3 aromatic rings. The van der Waals surface area contributed by atoms with Crippen molar-refractivity contribution in [2.75, 3.05) is 5.32 Å². The van der Waals surface area contributed by atoms with E-state index in [4.69, 9.17) is 4.74 Å². The van der Waals surface area contributed by atoms with E-state index in [0.717, 1.165) is 35.0 Å². The number of para-hydroxylation sites is 1. The molecule has 1 aliphatic carbocycles. The molecule has 5 heteroatoms. The quantitative estimate of drug-likeness (QED) is 0.729. The first-order valence-corrected chi connectivity index (χ1v) is 8.85. The van der Waals surface area contributed by atoms with Crippen LogP contribution < -0.4 is 10.6 Å². The van der Waals surface area contributed by atoms with E-state index in [-0.39, 0.29) is 12.1 Å². The standard InChI is InChI=1S/C21H21N3O2/c25-21(26-14-15-6-2-1-3-7-15)24-18-11-17(12-18)23-19-10-16-8-4-5-9-20(16)22-13-19/h1-10,13,17-18,23H,11-12,14H2,(H,24,25). The maximum Gasteiger partial charge on any atom is 0.407 e. The van der Waals surface area contributed by atoms with Gasteiger partial charge in [-0.15, -0.1) is 0 Å². The first-order valence-electron chi connectivity index (χ1n) is 8.85. The lowest BCUT2D eigenvalue weighted by Crippen LogP contribution is -2.49. The van der Waals surface area contributed by atoms with Gasteiger partial charge in [-0.05, 0) is 30.5 Å². The molecule has 0 spiro atoms. The number of hydrogen-bond donors (Lipinski definition) is 2. The number of benzene rings is 2. The predicted molar refractivity (Wildman–Crippen MR) is 102 cm³/mol. The van der Waals surface area contributed by atoms with Crippen molar-refractivity contribution < 1.29 is 9.53 Å². The summed E-state index contributed by atoms with van der Waals surface area (Å²) in [4.78, 5) is 16.3. The number of carbonyl (C=O) groups excluding carboxylic acids is 1. The van der Waals surface area contributed by atoms with Crippen LogP contribution in [0.2, 0.25) is 0 Å². The number of carbonyl (C=O) groups is 1. The molecule has 0 aliphatic heterocycles. The monoisotopic (exact) mass is 347 g/mol. The van der Waals surface area contributed by atoms with Gasteiger partial charge in [-0.25, -0.2) is 4.79 Å². The van der Waals surface area contributed by atoms with E-state index in [1.54, 1.807) is 0 Å². The Morgan fingerprint density at radius 2 is 1.81 bits per heavy atom. The number of ether oxygens (including phenoxy) is 1. The molecule has 1 fully saturated rings. The van der Waals surface area contributed by atoms with E-state index in [1.807, 2.05) is 54.7 Å². The second-order valence-corrected chi connectivity index (χ2v) is 6.63. The molecule has 0 radical (unpaired) electrons. The SMILES string of the molecule is O=C(NC1CC(Nc2cnc3ccccc3c2)C1)OCc1ccccc1. The van der Waals surface area contributed by atoms with Crippen molar-refractivity contribution in [1.29, 1.82) is 0 Å². The zero-order valence-electron chi connectivity index (χ0n) is 14.4.